The van der Waals surface area contributed by atoms with Crippen LogP contribution >= 0.6 is 0 Å². The van der Waals surface area contributed by atoms with E-state index in [4.69, 9.17) is 0 Å². The number of carbonyl (C=O) groups excluding carboxylic acids is 2. The van der Waals surface area contributed by atoms with Gasteiger partial charge in [-0.15, -0.1) is 0 Å². The summed E-state index contributed by atoms with van der Waals surface area (Å²) >= 11 is 8.95. The van der Waals surface area contributed by atoms with Crippen LogP contribution in [-0.4, -0.2) is 29.3 Å². The van der Waals surface area contributed by atoms with Gasteiger partial charge in [0.1, 0.15) is 0 Å². The van der Waals surface area contributed by atoms with Crippen molar-refractivity contribution in [1.82, 2.24) is 0 Å². The van der Waals surface area contributed by atoms with E-state index in [9.17, 15) is 27.1 Å². The zero-order valence-electron chi connectivity index (χ0n) is 15.6. The zero-order valence-corrected chi connectivity index (χ0v) is 18.9. The number of carbonyl (C=O) groups is 2. The summed E-state index contributed by atoms with van der Waals surface area (Å²) in [6.45, 7) is 0. The Balaban J connectivity index is 1.71. The second-order valence-electron chi connectivity index (χ2n) is 6.30. The summed E-state index contributed by atoms with van der Waals surface area (Å²) in [5.41, 5.74) is 0.962. The average molecular weight is 489 g/mol. The zero-order chi connectivity index (χ0) is 22.4. The smallest absolute Gasteiger partial charge is 0.224 e. The highest BCUT2D eigenvalue weighted by Gasteiger charge is 2.09. The van der Waals surface area contributed by atoms with E-state index in [0.717, 1.165) is 0 Å². The maximum Gasteiger partial charge on any atom is 0.224 e. The number of amides is 2. The van der Waals surface area contributed by atoms with Crippen LogP contribution in [0.5, 0.6) is 0 Å². The molecular weight excluding hydrogens is 468 g/mol. The van der Waals surface area contributed by atoms with Crippen LogP contribution in [0.4, 0.5) is 11.4 Å². The van der Waals surface area contributed by atoms with Gasteiger partial charge in [0.25, 0.3) is 0 Å². The Labute approximate surface area is 184 Å². The summed E-state index contributed by atoms with van der Waals surface area (Å²) in [7, 11) is -6.90. The van der Waals surface area contributed by atoms with Crippen LogP contribution in [0.25, 0.3) is 0 Å². The Kier molecular flexibility index (Phi) is 8.41. The molecule has 0 saturated heterocycles. The third kappa shape index (κ3) is 8.05. The van der Waals surface area contributed by atoms with Crippen molar-refractivity contribution in [2.75, 3.05) is 10.6 Å². The molecular formula is C18H20N2O6S4. The van der Waals surface area contributed by atoms with E-state index >= 15 is 0 Å². The molecule has 2 amide bonds. The van der Waals surface area contributed by atoms with Crippen molar-refractivity contribution in [3.63, 3.8) is 0 Å². The Morgan fingerprint density at radius 2 is 1.00 bits per heavy atom. The number of nitrogens with one attached hydrogen (secondary N) is 2. The van der Waals surface area contributed by atoms with Crippen molar-refractivity contribution < 1.29 is 27.1 Å². The molecule has 0 aliphatic rings. The fourth-order valence-electron chi connectivity index (χ4n) is 2.44. The summed E-state index contributed by atoms with van der Waals surface area (Å²) in [6.07, 6.45) is 1.42. The van der Waals surface area contributed by atoms with Gasteiger partial charge in [0.05, 0.1) is 9.79 Å². The molecule has 2 aromatic rings. The molecule has 0 spiro atoms. The predicted molar refractivity (Wildman–Crippen MR) is 121 cm³/mol. The van der Waals surface area contributed by atoms with Gasteiger partial charge in [-0.1, -0.05) is 0 Å². The van der Waals surface area contributed by atoms with E-state index in [1.54, 1.807) is 0 Å². The molecule has 0 aliphatic heterocycles. The molecule has 0 radical (unpaired) electrons. The van der Waals surface area contributed by atoms with Gasteiger partial charge in [0, 0.05) is 46.6 Å². The molecule has 0 saturated carbocycles. The second-order valence-corrected chi connectivity index (χ2v) is 11.9. The van der Waals surface area contributed by atoms with Gasteiger partial charge in [-0.05, 0) is 61.4 Å². The number of rotatable bonds is 9. The minimum atomic E-state index is -3.45. The molecule has 30 heavy (non-hydrogen) atoms. The molecule has 2 rings (SSSR count). The minimum absolute atomic E-state index is 0.102. The van der Waals surface area contributed by atoms with Crippen LogP contribution in [0.2, 0.25) is 0 Å². The molecule has 8 nitrogen and oxygen atoms in total. The first kappa shape index (κ1) is 24.3. The summed E-state index contributed by atoms with van der Waals surface area (Å²) in [5.74, 6) is -0.475. The molecule has 2 atom stereocenters. The lowest BCUT2D eigenvalue weighted by Crippen LogP contribution is -2.13. The number of anilines is 2. The fraction of sp³-hybridized carbons (Fsp3) is 0.222. The predicted octanol–water partition coefficient (Wildman–Crippen LogP) is 2.98. The van der Waals surface area contributed by atoms with Crippen LogP contribution in [-0.2, 0) is 49.5 Å². The van der Waals surface area contributed by atoms with Crippen molar-refractivity contribution >= 4 is 63.1 Å². The molecule has 2 aromatic carbocycles. The summed E-state index contributed by atoms with van der Waals surface area (Å²) in [6, 6.07) is 11.5. The lowest BCUT2D eigenvalue weighted by molar-refractivity contribution is -0.118. The van der Waals surface area contributed by atoms with Gasteiger partial charge < -0.3 is 19.7 Å². The van der Waals surface area contributed by atoms with Crippen molar-refractivity contribution in [3.05, 3.63) is 48.5 Å². The van der Waals surface area contributed by atoms with Gasteiger partial charge in [-0.3, -0.25) is 9.59 Å². The standard InChI is InChI=1S/C18H20N2O6S4/c21-17(19-13-5-9-15(10-6-13)29(23,24)27)3-1-2-4-18(22)20-14-7-11-16(12-8-14)30(25,26)28/h5-12H,1-4H2,(H,19,21)(H,20,22)(H,23,24,27)(H,25,26,28). The third-order valence-electron chi connectivity index (χ3n) is 3.93. The normalized spacial score (nSPS) is 14.9. The molecule has 0 fully saturated rings. The second kappa shape index (κ2) is 10.4. The monoisotopic (exact) mass is 488 g/mol. The summed E-state index contributed by atoms with van der Waals surface area (Å²) in [5, 5.41) is 5.33. The van der Waals surface area contributed by atoms with Crippen molar-refractivity contribution in [1.29, 1.82) is 0 Å². The number of benzene rings is 2. The SMILES string of the molecule is O=C(CCCCC(=O)Nc1ccc(S(=O)(O)=S)cc1)Nc1ccc(S(=O)(O)=S)cc1. The Morgan fingerprint density at radius 1 is 0.700 bits per heavy atom. The van der Waals surface area contributed by atoms with Crippen LogP contribution < -0.4 is 10.6 Å². The lowest BCUT2D eigenvalue weighted by Gasteiger charge is -2.07. The first-order chi connectivity index (χ1) is 13.9. The molecule has 0 bridgehead atoms. The molecule has 162 valence electrons. The van der Waals surface area contributed by atoms with Gasteiger partial charge in [0.15, 0.2) is 17.5 Å². The summed E-state index contributed by atoms with van der Waals surface area (Å²) in [4.78, 5) is 24.1. The van der Waals surface area contributed by atoms with E-state index in [-0.39, 0.29) is 34.4 Å². The quantitative estimate of drug-likeness (QED) is 0.396. The first-order valence-electron chi connectivity index (χ1n) is 8.70. The van der Waals surface area contributed by atoms with Crippen molar-refractivity contribution in [3.8, 4) is 0 Å². The van der Waals surface area contributed by atoms with E-state index in [1.165, 1.54) is 48.5 Å². The van der Waals surface area contributed by atoms with E-state index in [0.29, 0.717) is 24.2 Å². The number of unbranched alkanes of at least 4 members (excludes halogenated alkanes) is 1. The van der Waals surface area contributed by atoms with Crippen LogP contribution in [0.3, 0.4) is 0 Å². The highest BCUT2D eigenvalue weighted by Crippen LogP contribution is 2.16. The fourth-order valence-corrected chi connectivity index (χ4v) is 4.07. The van der Waals surface area contributed by atoms with Crippen LogP contribution in [0.1, 0.15) is 25.7 Å². The van der Waals surface area contributed by atoms with E-state index < -0.39 is 17.5 Å². The Bertz CT molecular complexity index is 1020. The van der Waals surface area contributed by atoms with Gasteiger partial charge >= 0.3 is 0 Å². The van der Waals surface area contributed by atoms with E-state index in [1.807, 2.05) is 0 Å². The average Bonchev–Trinajstić information content (AvgIpc) is 2.65. The maximum atomic E-state index is 12.0. The topological polar surface area (TPSA) is 133 Å². The minimum Gasteiger partial charge on any atom is -0.326 e. The Morgan fingerprint density at radius 3 is 1.27 bits per heavy atom. The lowest BCUT2D eigenvalue weighted by atomic mass is 10.1. The summed E-state index contributed by atoms with van der Waals surface area (Å²) < 4.78 is 41.3. The largest absolute Gasteiger partial charge is 0.326 e. The molecule has 0 heterocycles. The van der Waals surface area contributed by atoms with Crippen molar-refractivity contribution in [2.45, 2.75) is 35.5 Å². The molecule has 2 unspecified atom stereocenters. The molecule has 0 aliphatic carbocycles. The Hall–Kier alpha value is -1.96. The van der Waals surface area contributed by atoms with Gasteiger partial charge in [-0.25, -0.2) is 8.42 Å². The first-order valence-corrected chi connectivity index (χ1v) is 13.6. The maximum absolute atomic E-state index is 12.0. The van der Waals surface area contributed by atoms with Crippen LogP contribution in [0, 0.1) is 0 Å². The van der Waals surface area contributed by atoms with Crippen molar-refractivity contribution in [2.24, 2.45) is 0 Å². The van der Waals surface area contributed by atoms with E-state index in [2.05, 4.69) is 33.0 Å². The molecule has 12 heteroatoms. The molecule has 4 N–H and O–H groups in total. The number of hydrogen-bond acceptors (Lipinski definition) is 6. The molecule has 0 aromatic heterocycles. The van der Waals surface area contributed by atoms with Gasteiger partial charge in [0.2, 0.25) is 11.8 Å². The van der Waals surface area contributed by atoms with Crippen LogP contribution in [0.15, 0.2) is 58.3 Å². The highest BCUT2D eigenvalue weighted by atomic mass is 32.8. The highest BCUT2D eigenvalue weighted by molar-refractivity contribution is 8.30. The number of hydrogen-bond donors (Lipinski definition) is 4. The van der Waals surface area contributed by atoms with Gasteiger partial charge in [-0.2, -0.15) is 0 Å². The third-order valence-corrected chi connectivity index (χ3v) is 6.82.